The molecule has 0 aliphatic rings. The number of aromatic carboxylic acids is 1. The molecule has 0 radical (unpaired) electrons. The molecule has 0 saturated heterocycles. The van der Waals surface area contributed by atoms with Gasteiger partial charge in [0.25, 0.3) is 5.19 Å². The van der Waals surface area contributed by atoms with E-state index in [-0.39, 0.29) is 33.6 Å². The lowest BCUT2D eigenvalue weighted by molar-refractivity contribution is -0.138. The summed E-state index contributed by atoms with van der Waals surface area (Å²) in [6.07, 6.45) is -4.62. The predicted molar refractivity (Wildman–Crippen MR) is 64.9 cm³/mol. The topological polar surface area (TPSA) is 81.5 Å². The van der Waals surface area contributed by atoms with Gasteiger partial charge in [0.05, 0.1) is 12.7 Å². The largest absolute Gasteiger partial charge is 0.493 e. The first kappa shape index (κ1) is 15.0. The summed E-state index contributed by atoms with van der Waals surface area (Å²) in [5.41, 5.74) is -0.105. The smallest absolute Gasteiger partial charge is 0.445 e. The Morgan fingerprint density at radius 2 is 2.00 bits per heavy atom. The molecule has 0 saturated carbocycles. The van der Waals surface area contributed by atoms with Gasteiger partial charge in [-0.2, -0.15) is 13.2 Å². The third kappa shape index (κ3) is 3.40. The van der Waals surface area contributed by atoms with Gasteiger partial charge in [0.2, 0.25) is 5.01 Å². The van der Waals surface area contributed by atoms with Crippen molar-refractivity contribution in [2.24, 2.45) is 0 Å². The Hall–Kier alpha value is -2.36. The van der Waals surface area contributed by atoms with Gasteiger partial charge in [0.15, 0.2) is 11.5 Å². The van der Waals surface area contributed by atoms with Gasteiger partial charge in [-0.05, 0) is 18.2 Å². The zero-order valence-electron chi connectivity index (χ0n) is 10.3. The number of hydrogen-bond donors (Lipinski definition) is 1. The van der Waals surface area contributed by atoms with Crippen molar-refractivity contribution < 1.29 is 32.5 Å². The number of alkyl halides is 3. The summed E-state index contributed by atoms with van der Waals surface area (Å²) in [6, 6.07) is 3.72. The van der Waals surface area contributed by atoms with Crippen LogP contribution in [0.4, 0.5) is 13.2 Å². The Bertz CT molecular complexity index is 672. The Morgan fingerprint density at radius 3 is 2.52 bits per heavy atom. The van der Waals surface area contributed by atoms with Gasteiger partial charge >= 0.3 is 12.1 Å². The van der Waals surface area contributed by atoms with Crippen molar-refractivity contribution in [1.29, 1.82) is 0 Å². The molecule has 0 atom stereocenters. The number of ether oxygens (including phenoxy) is 2. The van der Waals surface area contributed by atoms with E-state index in [0.717, 1.165) is 6.07 Å². The summed E-state index contributed by atoms with van der Waals surface area (Å²) in [4.78, 5) is 10.9. The van der Waals surface area contributed by atoms with E-state index in [9.17, 15) is 18.0 Å². The van der Waals surface area contributed by atoms with Gasteiger partial charge in [-0.15, -0.1) is 5.10 Å². The molecule has 10 heteroatoms. The van der Waals surface area contributed by atoms with Crippen molar-refractivity contribution in [2.75, 3.05) is 7.11 Å². The summed E-state index contributed by atoms with van der Waals surface area (Å²) in [5, 5.41) is 13.6. The van der Waals surface area contributed by atoms with Crippen LogP contribution in [0.1, 0.15) is 15.4 Å². The van der Waals surface area contributed by atoms with Crippen LogP contribution >= 0.6 is 11.3 Å². The monoisotopic (exact) mass is 320 g/mol. The third-order valence-corrected chi connectivity index (χ3v) is 3.10. The van der Waals surface area contributed by atoms with E-state index in [2.05, 4.69) is 10.2 Å². The number of hydrogen-bond acceptors (Lipinski definition) is 6. The minimum atomic E-state index is -4.62. The number of carbonyl (C=O) groups is 1. The number of methoxy groups -OCH3 is 1. The highest BCUT2D eigenvalue weighted by atomic mass is 32.1. The number of halogens is 3. The van der Waals surface area contributed by atoms with Gasteiger partial charge < -0.3 is 14.6 Å². The molecule has 0 aliphatic carbocycles. The second kappa shape index (κ2) is 5.56. The van der Waals surface area contributed by atoms with Crippen molar-refractivity contribution in [1.82, 2.24) is 10.2 Å². The Morgan fingerprint density at radius 1 is 1.29 bits per heavy atom. The highest BCUT2D eigenvalue weighted by molar-refractivity contribution is 7.13. The van der Waals surface area contributed by atoms with Gasteiger partial charge in [0.1, 0.15) is 0 Å². The minimum Gasteiger partial charge on any atom is -0.493 e. The Kier molecular flexibility index (Phi) is 3.98. The number of carboxylic acids is 1. The van der Waals surface area contributed by atoms with Crippen molar-refractivity contribution in [2.45, 2.75) is 6.18 Å². The third-order valence-electron chi connectivity index (χ3n) is 2.26. The van der Waals surface area contributed by atoms with Gasteiger partial charge in [-0.3, -0.25) is 0 Å². The maximum Gasteiger partial charge on any atom is 0.445 e. The number of carboxylic acid groups (broad SMARTS) is 1. The molecule has 0 fully saturated rings. The maximum atomic E-state index is 12.4. The molecular weight excluding hydrogens is 313 g/mol. The SMILES string of the molecule is COc1ccc(C(=O)O)cc1Oc1nnc(C(F)(F)F)s1. The Balaban J connectivity index is 2.32. The highest BCUT2D eigenvalue weighted by Gasteiger charge is 2.36. The molecule has 2 aromatic rings. The summed E-state index contributed by atoms with van der Waals surface area (Å²) in [5.74, 6) is -1.12. The zero-order valence-corrected chi connectivity index (χ0v) is 11.2. The molecule has 21 heavy (non-hydrogen) atoms. The van der Waals surface area contributed by atoms with Crippen LogP contribution in [-0.2, 0) is 6.18 Å². The van der Waals surface area contributed by atoms with E-state index < -0.39 is 17.2 Å². The fourth-order valence-corrected chi connectivity index (χ4v) is 1.93. The van der Waals surface area contributed by atoms with Crippen LogP contribution in [0.25, 0.3) is 0 Å². The molecule has 1 aromatic heterocycles. The summed E-state index contributed by atoms with van der Waals surface area (Å²) >= 11 is 0.196. The van der Waals surface area contributed by atoms with Crippen molar-refractivity contribution in [3.05, 3.63) is 28.8 Å². The van der Waals surface area contributed by atoms with E-state index >= 15 is 0 Å². The lowest BCUT2D eigenvalue weighted by Gasteiger charge is -2.08. The molecule has 6 nitrogen and oxygen atoms in total. The van der Waals surface area contributed by atoms with E-state index in [1.54, 1.807) is 0 Å². The fraction of sp³-hybridized carbons (Fsp3) is 0.182. The maximum absolute atomic E-state index is 12.4. The zero-order chi connectivity index (χ0) is 15.6. The van der Waals surface area contributed by atoms with E-state index in [0.29, 0.717) is 0 Å². The first-order chi connectivity index (χ1) is 9.81. The highest BCUT2D eigenvalue weighted by Crippen LogP contribution is 2.38. The average Bonchev–Trinajstić information content (AvgIpc) is 2.87. The average molecular weight is 320 g/mol. The van der Waals surface area contributed by atoms with E-state index in [4.69, 9.17) is 14.6 Å². The van der Waals surface area contributed by atoms with Gasteiger partial charge in [-0.1, -0.05) is 16.4 Å². The standard InChI is InChI=1S/C11H7F3N2O4S/c1-19-6-3-2-5(8(17)18)4-7(6)20-10-16-15-9(21-10)11(12,13)14/h2-4H,1H3,(H,17,18). The normalized spacial score (nSPS) is 11.2. The van der Waals surface area contributed by atoms with Crippen LogP contribution in [0.5, 0.6) is 16.7 Å². The molecular formula is C11H7F3N2O4S. The van der Waals surface area contributed by atoms with Gasteiger partial charge in [0, 0.05) is 0 Å². The molecule has 2 rings (SSSR count). The van der Waals surface area contributed by atoms with Crippen molar-refractivity contribution >= 4 is 17.3 Å². The molecule has 0 bridgehead atoms. The summed E-state index contributed by atoms with van der Waals surface area (Å²) in [7, 11) is 1.31. The quantitative estimate of drug-likeness (QED) is 0.932. The molecule has 0 aliphatic heterocycles. The van der Waals surface area contributed by atoms with E-state index in [1.807, 2.05) is 0 Å². The van der Waals surface area contributed by atoms with Crippen LogP contribution in [0.2, 0.25) is 0 Å². The number of nitrogens with zero attached hydrogens (tertiary/aromatic N) is 2. The second-order valence-electron chi connectivity index (χ2n) is 3.64. The minimum absolute atomic E-state index is 0.0673. The summed E-state index contributed by atoms with van der Waals surface area (Å²) < 4.78 is 47.3. The first-order valence-electron chi connectivity index (χ1n) is 5.31. The van der Waals surface area contributed by atoms with Crippen molar-refractivity contribution in [3.8, 4) is 16.7 Å². The molecule has 1 N–H and O–H groups in total. The second-order valence-corrected chi connectivity index (χ2v) is 4.58. The number of rotatable bonds is 4. The lowest BCUT2D eigenvalue weighted by atomic mass is 10.2. The lowest BCUT2D eigenvalue weighted by Crippen LogP contribution is -2.03. The van der Waals surface area contributed by atoms with E-state index in [1.165, 1.54) is 19.2 Å². The predicted octanol–water partition coefficient (Wildman–Crippen LogP) is 3.06. The first-order valence-corrected chi connectivity index (χ1v) is 6.13. The molecule has 0 spiro atoms. The molecule has 1 aromatic carbocycles. The molecule has 1 heterocycles. The number of benzene rings is 1. The van der Waals surface area contributed by atoms with Crippen LogP contribution in [0.3, 0.4) is 0 Å². The molecule has 0 unspecified atom stereocenters. The van der Waals surface area contributed by atoms with Crippen LogP contribution < -0.4 is 9.47 Å². The van der Waals surface area contributed by atoms with Crippen molar-refractivity contribution in [3.63, 3.8) is 0 Å². The Labute approximate surface area is 119 Å². The molecule has 112 valence electrons. The van der Waals surface area contributed by atoms with Crippen LogP contribution in [0, 0.1) is 0 Å². The van der Waals surface area contributed by atoms with Crippen LogP contribution in [0.15, 0.2) is 18.2 Å². The molecule has 0 amide bonds. The van der Waals surface area contributed by atoms with Gasteiger partial charge in [-0.25, -0.2) is 4.79 Å². The fourth-order valence-electron chi connectivity index (χ4n) is 1.35. The summed E-state index contributed by atoms with van der Waals surface area (Å²) in [6.45, 7) is 0. The van der Waals surface area contributed by atoms with Crippen LogP contribution in [-0.4, -0.2) is 28.4 Å². The number of aromatic nitrogens is 2.